The first-order valence-electron chi connectivity index (χ1n) is 8.27. The van der Waals surface area contributed by atoms with E-state index in [4.69, 9.17) is 0 Å². The number of carbonyl (C=O) groups is 1. The van der Waals surface area contributed by atoms with E-state index >= 15 is 0 Å². The number of hydrogen-bond donors (Lipinski definition) is 3. The summed E-state index contributed by atoms with van der Waals surface area (Å²) in [5.74, 6) is -1.01. The summed E-state index contributed by atoms with van der Waals surface area (Å²) in [6, 6.07) is 11.1. The van der Waals surface area contributed by atoms with E-state index in [1.54, 1.807) is 0 Å². The van der Waals surface area contributed by atoms with Gasteiger partial charge in [-0.05, 0) is 31.7 Å². The molecule has 0 heterocycles. The van der Waals surface area contributed by atoms with Crippen LogP contribution >= 0.6 is 0 Å². The van der Waals surface area contributed by atoms with Gasteiger partial charge in [0.05, 0.1) is 5.92 Å². The van der Waals surface area contributed by atoms with E-state index in [0.29, 0.717) is 18.5 Å². The second-order valence-electron chi connectivity index (χ2n) is 6.68. The largest absolute Gasteiger partial charge is 0.481 e. The number of hydrogen-bond acceptors (Lipinski definition) is 3. The molecule has 1 aliphatic carbocycles. The van der Waals surface area contributed by atoms with Gasteiger partial charge in [0.1, 0.15) is 0 Å². The molecule has 0 bridgehead atoms. The second kappa shape index (κ2) is 7.75. The molecule has 1 saturated carbocycles. The molecule has 0 saturated heterocycles. The zero-order valence-corrected chi connectivity index (χ0v) is 13.8. The molecule has 4 nitrogen and oxygen atoms in total. The lowest BCUT2D eigenvalue weighted by atomic mass is 9.80. The van der Waals surface area contributed by atoms with Crippen molar-refractivity contribution in [3.8, 4) is 0 Å². The first-order valence-corrected chi connectivity index (χ1v) is 8.27. The molecule has 4 atom stereocenters. The van der Waals surface area contributed by atoms with Crippen LogP contribution in [0, 0.1) is 5.92 Å². The number of aliphatic carboxylic acids is 1. The van der Waals surface area contributed by atoms with E-state index in [1.807, 2.05) is 18.2 Å². The van der Waals surface area contributed by atoms with Crippen molar-refractivity contribution >= 4 is 5.97 Å². The summed E-state index contributed by atoms with van der Waals surface area (Å²) in [7, 11) is 0. The van der Waals surface area contributed by atoms with Crippen molar-refractivity contribution < 1.29 is 9.90 Å². The van der Waals surface area contributed by atoms with Crippen molar-refractivity contribution in [2.45, 2.75) is 64.2 Å². The Hall–Kier alpha value is -1.39. The van der Waals surface area contributed by atoms with Gasteiger partial charge >= 0.3 is 5.97 Å². The lowest BCUT2D eigenvalue weighted by Gasteiger charge is -2.37. The molecule has 1 aliphatic rings. The maximum Gasteiger partial charge on any atom is 0.308 e. The Kier molecular flexibility index (Phi) is 5.98. The van der Waals surface area contributed by atoms with Crippen molar-refractivity contribution in [1.29, 1.82) is 0 Å². The third-order valence-electron chi connectivity index (χ3n) is 4.50. The average Bonchev–Trinajstić information content (AvgIpc) is 2.49. The molecule has 1 fully saturated rings. The summed E-state index contributed by atoms with van der Waals surface area (Å²) in [6.07, 6.45) is 2.63. The van der Waals surface area contributed by atoms with Crippen LogP contribution in [-0.2, 0) is 4.79 Å². The Labute approximate surface area is 133 Å². The number of carboxylic acid groups (broad SMARTS) is 1. The van der Waals surface area contributed by atoms with Crippen molar-refractivity contribution in [1.82, 2.24) is 10.6 Å². The van der Waals surface area contributed by atoms with Crippen LogP contribution in [0.2, 0.25) is 0 Å². The van der Waals surface area contributed by atoms with Gasteiger partial charge in [-0.3, -0.25) is 4.79 Å². The van der Waals surface area contributed by atoms with Crippen LogP contribution in [0.15, 0.2) is 30.3 Å². The maximum atomic E-state index is 11.6. The first kappa shape index (κ1) is 17.0. The average molecular weight is 304 g/mol. The SMILES string of the molecule is CC(C)NC1CCC(N[C@@H](C)c2ccccc2)C(C(=O)O)C1. The zero-order valence-electron chi connectivity index (χ0n) is 13.8. The topological polar surface area (TPSA) is 61.4 Å². The molecular formula is C18H28N2O2. The molecule has 3 N–H and O–H groups in total. The van der Waals surface area contributed by atoms with Crippen molar-refractivity contribution in [3.05, 3.63) is 35.9 Å². The van der Waals surface area contributed by atoms with Crippen molar-refractivity contribution in [3.63, 3.8) is 0 Å². The van der Waals surface area contributed by atoms with Gasteiger partial charge in [0.2, 0.25) is 0 Å². The van der Waals surface area contributed by atoms with Gasteiger partial charge in [0, 0.05) is 24.2 Å². The van der Waals surface area contributed by atoms with E-state index in [9.17, 15) is 9.90 Å². The molecule has 0 spiro atoms. The van der Waals surface area contributed by atoms with Gasteiger partial charge in [-0.2, -0.15) is 0 Å². The Morgan fingerprint density at radius 3 is 2.41 bits per heavy atom. The molecule has 0 aliphatic heterocycles. The standard InChI is InChI=1S/C18H28N2O2/c1-12(2)19-15-9-10-17(16(11-15)18(21)22)20-13(3)14-7-5-4-6-8-14/h4-8,12-13,15-17,19-20H,9-11H2,1-3H3,(H,21,22)/t13-,15?,16?,17?/m0/s1. The van der Waals surface area contributed by atoms with E-state index in [2.05, 4.69) is 43.5 Å². The third-order valence-corrected chi connectivity index (χ3v) is 4.50. The zero-order chi connectivity index (χ0) is 16.1. The Morgan fingerprint density at radius 1 is 1.14 bits per heavy atom. The molecular weight excluding hydrogens is 276 g/mol. The molecule has 122 valence electrons. The van der Waals surface area contributed by atoms with Crippen molar-refractivity contribution in [2.75, 3.05) is 0 Å². The van der Waals surface area contributed by atoms with Crippen LogP contribution in [-0.4, -0.2) is 29.2 Å². The molecule has 0 radical (unpaired) electrons. The molecule has 1 aromatic carbocycles. The minimum absolute atomic E-state index is 0.0397. The number of benzene rings is 1. The molecule has 4 heteroatoms. The normalized spacial score (nSPS) is 26.8. The summed E-state index contributed by atoms with van der Waals surface area (Å²) < 4.78 is 0. The van der Waals surface area contributed by atoms with Crippen LogP contribution in [0.3, 0.4) is 0 Å². The predicted octanol–water partition coefficient (Wildman–Crippen LogP) is 2.96. The van der Waals surface area contributed by atoms with Gasteiger partial charge in [-0.1, -0.05) is 44.2 Å². The van der Waals surface area contributed by atoms with Gasteiger partial charge in [0.25, 0.3) is 0 Å². The van der Waals surface area contributed by atoms with Gasteiger partial charge < -0.3 is 15.7 Å². The fourth-order valence-electron chi connectivity index (χ4n) is 3.42. The molecule has 1 aromatic rings. The number of carboxylic acids is 1. The van der Waals surface area contributed by atoms with Crippen LogP contribution in [0.5, 0.6) is 0 Å². The summed E-state index contributed by atoms with van der Waals surface area (Å²) >= 11 is 0. The monoisotopic (exact) mass is 304 g/mol. The minimum Gasteiger partial charge on any atom is -0.481 e. The van der Waals surface area contributed by atoms with Crippen LogP contribution < -0.4 is 10.6 Å². The van der Waals surface area contributed by atoms with Crippen LogP contribution in [0.25, 0.3) is 0 Å². The minimum atomic E-state index is -0.687. The molecule has 0 amide bonds. The highest BCUT2D eigenvalue weighted by molar-refractivity contribution is 5.71. The van der Waals surface area contributed by atoms with E-state index in [0.717, 1.165) is 12.8 Å². The van der Waals surface area contributed by atoms with E-state index in [-0.39, 0.29) is 18.0 Å². The molecule has 22 heavy (non-hydrogen) atoms. The summed E-state index contributed by atoms with van der Waals surface area (Å²) in [6.45, 7) is 6.32. The molecule has 0 aromatic heterocycles. The van der Waals surface area contributed by atoms with Crippen LogP contribution in [0.1, 0.15) is 51.6 Å². The Bertz CT molecular complexity index is 475. The highest BCUT2D eigenvalue weighted by Crippen LogP contribution is 2.28. The summed E-state index contributed by atoms with van der Waals surface area (Å²) in [5.41, 5.74) is 1.20. The number of rotatable bonds is 6. The summed E-state index contributed by atoms with van der Waals surface area (Å²) in [5, 5.41) is 16.6. The molecule has 2 rings (SSSR count). The highest BCUT2D eigenvalue weighted by atomic mass is 16.4. The smallest absolute Gasteiger partial charge is 0.308 e. The van der Waals surface area contributed by atoms with Gasteiger partial charge in [0.15, 0.2) is 0 Å². The third kappa shape index (κ3) is 4.55. The second-order valence-corrected chi connectivity index (χ2v) is 6.68. The fourth-order valence-corrected chi connectivity index (χ4v) is 3.42. The first-order chi connectivity index (χ1) is 10.5. The fraction of sp³-hybridized carbons (Fsp3) is 0.611. The lowest BCUT2D eigenvalue weighted by Crippen LogP contribution is -2.50. The van der Waals surface area contributed by atoms with Gasteiger partial charge in [-0.15, -0.1) is 0 Å². The lowest BCUT2D eigenvalue weighted by molar-refractivity contribution is -0.144. The molecule has 3 unspecified atom stereocenters. The summed E-state index contributed by atoms with van der Waals surface area (Å²) in [4.78, 5) is 11.6. The van der Waals surface area contributed by atoms with E-state index < -0.39 is 5.97 Å². The number of nitrogens with one attached hydrogen (secondary N) is 2. The van der Waals surface area contributed by atoms with Crippen molar-refractivity contribution in [2.24, 2.45) is 5.92 Å². The predicted molar refractivity (Wildman–Crippen MR) is 88.8 cm³/mol. The Morgan fingerprint density at radius 2 is 1.82 bits per heavy atom. The van der Waals surface area contributed by atoms with Gasteiger partial charge in [-0.25, -0.2) is 0 Å². The van der Waals surface area contributed by atoms with E-state index in [1.165, 1.54) is 5.56 Å². The Balaban J connectivity index is 1.99. The van der Waals surface area contributed by atoms with Crippen LogP contribution in [0.4, 0.5) is 0 Å². The maximum absolute atomic E-state index is 11.6. The quantitative estimate of drug-likeness (QED) is 0.756. The highest BCUT2D eigenvalue weighted by Gasteiger charge is 2.35.